The smallest absolute Gasteiger partial charge is 0.313 e. The van der Waals surface area contributed by atoms with Crippen molar-refractivity contribution in [2.45, 2.75) is 40.0 Å². The zero-order chi connectivity index (χ0) is 14.7. The molecular formula is C14H25NO4. The van der Waals surface area contributed by atoms with E-state index >= 15 is 0 Å². The minimum Gasteiger partial charge on any atom is -0.481 e. The van der Waals surface area contributed by atoms with E-state index in [2.05, 4.69) is 20.8 Å². The molecule has 110 valence electrons. The van der Waals surface area contributed by atoms with Gasteiger partial charge in [-0.3, -0.25) is 9.59 Å². The molecule has 1 rings (SSSR count). The van der Waals surface area contributed by atoms with Gasteiger partial charge >= 0.3 is 5.97 Å². The monoisotopic (exact) mass is 271 g/mol. The van der Waals surface area contributed by atoms with Gasteiger partial charge in [-0.05, 0) is 18.3 Å². The molecule has 1 amide bonds. The van der Waals surface area contributed by atoms with E-state index in [-0.39, 0.29) is 24.5 Å². The lowest BCUT2D eigenvalue weighted by atomic mass is 9.88. The van der Waals surface area contributed by atoms with E-state index in [1.807, 2.05) is 0 Å². The molecule has 1 saturated heterocycles. The number of ether oxygens (including phenoxy) is 1. The molecule has 5 heteroatoms. The fraction of sp³-hybridized carbons (Fsp3) is 0.857. The number of carboxylic acids is 1. The summed E-state index contributed by atoms with van der Waals surface area (Å²) in [7, 11) is 1.49. The first kappa shape index (κ1) is 16.0. The molecule has 0 spiro atoms. The molecule has 0 aromatic heterocycles. The Hall–Kier alpha value is -1.10. The summed E-state index contributed by atoms with van der Waals surface area (Å²) in [5.41, 5.74) is -0.808. The summed E-state index contributed by atoms with van der Waals surface area (Å²) in [5, 5.41) is 9.34. The highest BCUT2D eigenvalue weighted by molar-refractivity contribution is 5.80. The second-order valence-corrected chi connectivity index (χ2v) is 6.64. The lowest BCUT2D eigenvalue weighted by molar-refractivity contribution is -0.151. The molecule has 0 radical (unpaired) electrons. The van der Waals surface area contributed by atoms with Crippen LogP contribution in [0.5, 0.6) is 0 Å². The van der Waals surface area contributed by atoms with Crippen LogP contribution in [-0.4, -0.2) is 48.7 Å². The highest BCUT2D eigenvalue weighted by atomic mass is 16.5. The zero-order valence-electron chi connectivity index (χ0n) is 12.4. The highest BCUT2D eigenvalue weighted by Crippen LogP contribution is 2.32. The maximum atomic E-state index is 12.1. The Kier molecular flexibility index (Phi) is 4.96. The van der Waals surface area contributed by atoms with E-state index in [4.69, 9.17) is 4.74 Å². The Labute approximate surface area is 114 Å². The molecule has 0 saturated carbocycles. The van der Waals surface area contributed by atoms with Gasteiger partial charge in [0.25, 0.3) is 0 Å². The Bertz CT molecular complexity index is 348. The highest BCUT2D eigenvalue weighted by Gasteiger charge is 2.46. The van der Waals surface area contributed by atoms with Crippen molar-refractivity contribution in [3.8, 4) is 0 Å². The lowest BCUT2D eigenvalue weighted by Gasteiger charge is -2.25. The molecule has 1 heterocycles. The van der Waals surface area contributed by atoms with Crippen LogP contribution in [0.4, 0.5) is 0 Å². The van der Waals surface area contributed by atoms with Crippen LogP contribution in [0, 0.1) is 10.8 Å². The number of hydrogen-bond donors (Lipinski definition) is 1. The molecule has 19 heavy (non-hydrogen) atoms. The first-order valence-corrected chi connectivity index (χ1v) is 6.70. The number of methoxy groups -OCH3 is 1. The van der Waals surface area contributed by atoms with Gasteiger partial charge in [0, 0.05) is 26.6 Å². The Morgan fingerprint density at radius 1 is 1.37 bits per heavy atom. The van der Waals surface area contributed by atoms with Crippen LogP contribution in [0.3, 0.4) is 0 Å². The van der Waals surface area contributed by atoms with Gasteiger partial charge in [-0.2, -0.15) is 0 Å². The number of carbonyl (C=O) groups is 2. The summed E-state index contributed by atoms with van der Waals surface area (Å²) in [6.07, 6.45) is 1.76. The van der Waals surface area contributed by atoms with E-state index in [1.54, 1.807) is 4.90 Å². The summed E-state index contributed by atoms with van der Waals surface area (Å²) >= 11 is 0. The van der Waals surface area contributed by atoms with Gasteiger partial charge in [0.1, 0.15) is 5.41 Å². The van der Waals surface area contributed by atoms with Crippen LogP contribution in [0.15, 0.2) is 0 Å². The van der Waals surface area contributed by atoms with Crippen LogP contribution in [0.25, 0.3) is 0 Å². The van der Waals surface area contributed by atoms with Crippen LogP contribution >= 0.6 is 0 Å². The number of carbonyl (C=O) groups excluding carboxylic acids is 1. The number of hydrogen-bond acceptors (Lipinski definition) is 3. The Morgan fingerprint density at radius 3 is 2.47 bits per heavy atom. The van der Waals surface area contributed by atoms with Gasteiger partial charge in [0.05, 0.1) is 6.61 Å². The largest absolute Gasteiger partial charge is 0.481 e. The quantitative estimate of drug-likeness (QED) is 0.827. The summed E-state index contributed by atoms with van der Waals surface area (Å²) in [4.78, 5) is 25.1. The van der Waals surface area contributed by atoms with Crippen LogP contribution in [0.1, 0.15) is 40.0 Å². The molecule has 5 nitrogen and oxygen atoms in total. The minimum atomic E-state index is -0.924. The summed E-state index contributed by atoms with van der Waals surface area (Å²) < 4.78 is 5.01. The predicted octanol–water partition coefficient (Wildman–Crippen LogP) is 1.76. The Morgan fingerprint density at radius 2 is 2.00 bits per heavy atom. The van der Waals surface area contributed by atoms with E-state index in [1.165, 1.54) is 7.11 Å². The molecule has 0 aromatic rings. The van der Waals surface area contributed by atoms with Crippen molar-refractivity contribution in [3.05, 3.63) is 0 Å². The number of aliphatic carboxylic acids is 1. The fourth-order valence-corrected chi connectivity index (χ4v) is 2.36. The minimum absolute atomic E-state index is 0.0501. The van der Waals surface area contributed by atoms with Gasteiger partial charge in [-0.15, -0.1) is 0 Å². The van der Waals surface area contributed by atoms with E-state index in [9.17, 15) is 14.7 Å². The van der Waals surface area contributed by atoms with Crippen molar-refractivity contribution in [1.82, 2.24) is 4.90 Å². The molecule has 1 aliphatic heterocycles. The van der Waals surface area contributed by atoms with Gasteiger partial charge in [0.15, 0.2) is 0 Å². The van der Waals surface area contributed by atoms with Gasteiger partial charge in [-0.25, -0.2) is 0 Å². The molecular weight excluding hydrogens is 246 g/mol. The third kappa shape index (κ3) is 4.20. The third-order valence-corrected chi connectivity index (χ3v) is 3.67. The molecule has 1 atom stereocenters. The topological polar surface area (TPSA) is 66.8 Å². The van der Waals surface area contributed by atoms with E-state index in [0.717, 1.165) is 6.42 Å². The molecule has 0 aromatic carbocycles. The zero-order valence-corrected chi connectivity index (χ0v) is 12.4. The number of rotatable bonds is 5. The summed E-state index contributed by atoms with van der Waals surface area (Å²) in [6, 6.07) is 0. The van der Waals surface area contributed by atoms with Crippen molar-refractivity contribution >= 4 is 11.9 Å². The molecule has 1 unspecified atom stereocenters. The normalized spacial score (nSPS) is 23.7. The molecule has 1 N–H and O–H groups in total. The fourth-order valence-electron chi connectivity index (χ4n) is 2.36. The first-order chi connectivity index (χ1) is 8.70. The van der Waals surface area contributed by atoms with Crippen LogP contribution in [-0.2, 0) is 14.3 Å². The molecule has 0 bridgehead atoms. The lowest BCUT2D eigenvalue weighted by Crippen LogP contribution is -2.40. The van der Waals surface area contributed by atoms with Crippen molar-refractivity contribution in [2.75, 3.05) is 26.8 Å². The van der Waals surface area contributed by atoms with Crippen molar-refractivity contribution in [1.29, 1.82) is 0 Å². The first-order valence-electron chi connectivity index (χ1n) is 6.70. The second kappa shape index (κ2) is 5.90. The standard InChI is InChI=1S/C14H25NO4/c1-13(2,3)6-5-11(16)15-8-7-14(9-15,10-19-4)12(17)18/h5-10H2,1-4H3,(H,17,18). The number of nitrogens with zero attached hydrogens (tertiary/aromatic N) is 1. The van der Waals surface area contributed by atoms with Crippen LogP contribution in [0.2, 0.25) is 0 Å². The van der Waals surface area contributed by atoms with Crippen molar-refractivity contribution < 1.29 is 19.4 Å². The average Bonchev–Trinajstić information content (AvgIpc) is 2.71. The number of amides is 1. The van der Waals surface area contributed by atoms with Gasteiger partial charge < -0.3 is 14.7 Å². The van der Waals surface area contributed by atoms with Gasteiger partial charge in [0.2, 0.25) is 5.91 Å². The third-order valence-electron chi connectivity index (χ3n) is 3.67. The summed E-state index contributed by atoms with van der Waals surface area (Å²) in [6.45, 7) is 7.22. The van der Waals surface area contributed by atoms with Crippen molar-refractivity contribution in [3.63, 3.8) is 0 Å². The SMILES string of the molecule is COCC1(C(=O)O)CCN(C(=O)CCC(C)(C)C)C1. The molecule has 1 aliphatic rings. The van der Waals surface area contributed by atoms with E-state index in [0.29, 0.717) is 19.4 Å². The van der Waals surface area contributed by atoms with Crippen LogP contribution < -0.4 is 0 Å². The van der Waals surface area contributed by atoms with E-state index < -0.39 is 11.4 Å². The maximum Gasteiger partial charge on any atom is 0.313 e. The number of carboxylic acid groups (broad SMARTS) is 1. The predicted molar refractivity (Wildman–Crippen MR) is 71.8 cm³/mol. The Balaban J connectivity index is 2.59. The summed E-state index contributed by atoms with van der Waals surface area (Å²) in [5.74, 6) is -0.824. The second-order valence-electron chi connectivity index (χ2n) is 6.64. The molecule has 1 fully saturated rings. The van der Waals surface area contributed by atoms with Gasteiger partial charge in [-0.1, -0.05) is 20.8 Å². The number of likely N-dealkylation sites (tertiary alicyclic amines) is 1. The maximum absolute atomic E-state index is 12.1. The average molecular weight is 271 g/mol. The molecule has 0 aliphatic carbocycles. The van der Waals surface area contributed by atoms with Crippen molar-refractivity contribution in [2.24, 2.45) is 10.8 Å².